The number of imidazole rings is 1. The molecule has 0 fully saturated rings. The van der Waals surface area contributed by atoms with Crippen LogP contribution in [0.2, 0.25) is 0 Å². The quantitative estimate of drug-likeness (QED) is 0.689. The zero-order valence-electron chi connectivity index (χ0n) is 12.1. The van der Waals surface area contributed by atoms with Crippen molar-refractivity contribution in [2.24, 2.45) is 12.1 Å². The first-order valence-corrected chi connectivity index (χ1v) is 6.50. The Morgan fingerprint density at radius 3 is 2.76 bits per heavy atom. The molecule has 0 saturated carbocycles. The molecule has 0 unspecified atom stereocenters. The van der Waals surface area contributed by atoms with E-state index in [-0.39, 0.29) is 0 Å². The van der Waals surface area contributed by atoms with Gasteiger partial charge in [0.25, 0.3) is 0 Å². The molecule has 0 aliphatic carbocycles. The summed E-state index contributed by atoms with van der Waals surface area (Å²) in [7, 11) is 3.68. The van der Waals surface area contributed by atoms with E-state index >= 15 is 0 Å². The van der Waals surface area contributed by atoms with Gasteiger partial charge in [0.2, 0.25) is 0 Å². The molecule has 0 saturated heterocycles. The predicted molar refractivity (Wildman–Crippen MR) is 85.7 cm³/mol. The lowest BCUT2D eigenvalue weighted by atomic mass is 10.2. The number of rotatable bonds is 4. The number of aryl methyl sites for hydroxylation is 1. The molecule has 0 bridgehead atoms. The van der Waals surface area contributed by atoms with Crippen LogP contribution >= 0.6 is 0 Å². The number of fused-ring (bicyclic) bond motifs is 1. The summed E-state index contributed by atoms with van der Waals surface area (Å²) in [4.78, 5) is 4.30. The minimum Gasteiger partial charge on any atom is -0.497 e. The largest absolute Gasteiger partial charge is 0.497 e. The molecule has 3 aromatic rings. The summed E-state index contributed by atoms with van der Waals surface area (Å²) in [6, 6.07) is 8.08. The third kappa shape index (κ3) is 1.94. The first-order valence-electron chi connectivity index (χ1n) is 6.50. The van der Waals surface area contributed by atoms with Crippen molar-refractivity contribution in [2.45, 2.75) is 0 Å². The fourth-order valence-electron chi connectivity index (χ4n) is 2.52. The number of methoxy groups -OCH3 is 1. The van der Waals surface area contributed by atoms with Gasteiger partial charge in [-0.1, -0.05) is 6.58 Å². The topological polar surface area (TPSA) is 44.3 Å². The molecule has 3 rings (SSSR count). The van der Waals surface area contributed by atoms with Crippen LogP contribution in [0.3, 0.4) is 0 Å². The maximum atomic E-state index is 5.27. The van der Waals surface area contributed by atoms with Gasteiger partial charge in [-0.15, -0.1) is 0 Å². The average molecular weight is 280 g/mol. The van der Waals surface area contributed by atoms with Crippen molar-refractivity contribution in [2.75, 3.05) is 7.11 Å². The number of aromatic nitrogens is 3. The zero-order valence-corrected chi connectivity index (χ0v) is 12.1. The highest BCUT2D eigenvalue weighted by molar-refractivity contribution is 5.87. The smallest absolute Gasteiger partial charge is 0.153 e. The number of benzene rings is 1. The lowest BCUT2D eigenvalue weighted by molar-refractivity contribution is 0.415. The second-order valence-electron chi connectivity index (χ2n) is 4.67. The first-order chi connectivity index (χ1) is 10.2. The summed E-state index contributed by atoms with van der Waals surface area (Å²) < 4.78 is 9.05. The normalized spacial score (nSPS) is 10.8. The third-order valence-corrected chi connectivity index (χ3v) is 3.60. The standard InChI is InChI=1S/C16H16N4O/c1-5-16-18-10-15(20(16)17-2)14-9-11-8-12(21-4)6-7-13(11)19(14)3/h5-10H,1-2H2,3-4H3. The Kier molecular flexibility index (Phi) is 3.10. The maximum absolute atomic E-state index is 5.27. The average Bonchev–Trinajstić information content (AvgIpc) is 3.07. The molecule has 0 radical (unpaired) electrons. The highest BCUT2D eigenvalue weighted by Gasteiger charge is 2.14. The second-order valence-corrected chi connectivity index (χ2v) is 4.67. The molecule has 0 amide bonds. The van der Waals surface area contributed by atoms with Crippen molar-refractivity contribution in [3.63, 3.8) is 0 Å². The molecule has 1 aromatic carbocycles. The van der Waals surface area contributed by atoms with Gasteiger partial charge in [-0.2, -0.15) is 5.10 Å². The van der Waals surface area contributed by atoms with Gasteiger partial charge in [0.1, 0.15) is 11.4 Å². The molecule has 2 aromatic heterocycles. The Labute approximate surface area is 122 Å². The second kappa shape index (κ2) is 4.94. The van der Waals surface area contributed by atoms with Crippen molar-refractivity contribution in [1.29, 1.82) is 0 Å². The lowest BCUT2D eigenvalue weighted by Crippen LogP contribution is -1.98. The van der Waals surface area contributed by atoms with Crippen LogP contribution in [0.1, 0.15) is 5.82 Å². The summed E-state index contributed by atoms with van der Waals surface area (Å²) in [5.74, 6) is 1.50. The van der Waals surface area contributed by atoms with Gasteiger partial charge in [-0.25, -0.2) is 9.66 Å². The molecule has 2 heterocycles. The molecule has 0 atom stereocenters. The van der Waals surface area contributed by atoms with E-state index in [1.54, 1.807) is 24.1 Å². The number of hydrogen-bond donors (Lipinski definition) is 0. The monoisotopic (exact) mass is 280 g/mol. The van der Waals surface area contributed by atoms with E-state index < -0.39 is 0 Å². The van der Waals surface area contributed by atoms with Crippen LogP contribution in [-0.2, 0) is 7.05 Å². The first kappa shape index (κ1) is 13.2. The molecule has 106 valence electrons. The van der Waals surface area contributed by atoms with Crippen molar-refractivity contribution in [3.05, 3.63) is 42.9 Å². The predicted octanol–water partition coefficient (Wildman–Crippen LogP) is 3.16. The van der Waals surface area contributed by atoms with Crippen LogP contribution in [0.25, 0.3) is 28.4 Å². The Bertz CT molecular complexity index is 841. The van der Waals surface area contributed by atoms with Crippen molar-refractivity contribution in [3.8, 4) is 17.1 Å². The molecule has 5 heteroatoms. The van der Waals surface area contributed by atoms with Crippen molar-refractivity contribution in [1.82, 2.24) is 14.2 Å². The van der Waals surface area contributed by atoms with Crippen molar-refractivity contribution >= 4 is 23.7 Å². The Morgan fingerprint density at radius 2 is 2.10 bits per heavy atom. The fourth-order valence-corrected chi connectivity index (χ4v) is 2.52. The van der Waals surface area contributed by atoms with Crippen LogP contribution < -0.4 is 4.74 Å². The molecular formula is C16H16N4O. The SMILES string of the molecule is C=Cc1ncc(-c2cc3cc(OC)ccc3n2C)n1N=C. The van der Waals surface area contributed by atoms with Crippen molar-refractivity contribution < 1.29 is 4.74 Å². The van der Waals surface area contributed by atoms with Gasteiger partial charge in [-0.3, -0.25) is 0 Å². The van der Waals surface area contributed by atoms with Gasteiger partial charge in [-0.05, 0) is 30.3 Å². The summed E-state index contributed by atoms with van der Waals surface area (Å²) in [6.45, 7) is 7.34. The third-order valence-electron chi connectivity index (χ3n) is 3.60. The molecule has 5 nitrogen and oxygen atoms in total. The molecule has 0 aliphatic rings. The van der Waals surface area contributed by atoms with E-state index in [1.807, 2.05) is 25.2 Å². The van der Waals surface area contributed by atoms with E-state index in [9.17, 15) is 0 Å². The highest BCUT2D eigenvalue weighted by atomic mass is 16.5. The highest BCUT2D eigenvalue weighted by Crippen LogP contribution is 2.30. The van der Waals surface area contributed by atoms with Crippen LogP contribution in [0.4, 0.5) is 0 Å². The lowest BCUT2D eigenvalue weighted by Gasteiger charge is -2.05. The van der Waals surface area contributed by atoms with Gasteiger partial charge in [0, 0.05) is 24.7 Å². The maximum Gasteiger partial charge on any atom is 0.153 e. The Hall–Kier alpha value is -2.82. The summed E-state index contributed by atoms with van der Waals surface area (Å²) >= 11 is 0. The van der Waals surface area contributed by atoms with Crippen LogP contribution in [-0.4, -0.2) is 28.1 Å². The van der Waals surface area contributed by atoms with Gasteiger partial charge in [0.15, 0.2) is 5.82 Å². The van der Waals surface area contributed by atoms with E-state index in [4.69, 9.17) is 4.74 Å². The molecular weight excluding hydrogens is 264 g/mol. The van der Waals surface area contributed by atoms with E-state index in [0.717, 1.165) is 28.0 Å². The number of ether oxygens (including phenoxy) is 1. The molecule has 0 aliphatic heterocycles. The van der Waals surface area contributed by atoms with Crippen LogP contribution in [0, 0.1) is 0 Å². The van der Waals surface area contributed by atoms with E-state index in [2.05, 4.69) is 34.0 Å². The summed E-state index contributed by atoms with van der Waals surface area (Å²) in [5.41, 5.74) is 2.99. The van der Waals surface area contributed by atoms with E-state index in [1.165, 1.54) is 0 Å². The Morgan fingerprint density at radius 1 is 1.29 bits per heavy atom. The van der Waals surface area contributed by atoms with Gasteiger partial charge < -0.3 is 9.30 Å². The number of nitrogens with zero attached hydrogens (tertiary/aromatic N) is 4. The van der Waals surface area contributed by atoms with Gasteiger partial charge in [0.05, 0.1) is 19.0 Å². The molecule has 21 heavy (non-hydrogen) atoms. The van der Waals surface area contributed by atoms with E-state index in [0.29, 0.717) is 5.82 Å². The fraction of sp³-hybridized carbons (Fsp3) is 0.125. The minimum atomic E-state index is 0.669. The van der Waals surface area contributed by atoms with Crippen LogP contribution in [0.5, 0.6) is 5.75 Å². The number of hydrogen-bond acceptors (Lipinski definition) is 3. The Balaban J connectivity index is 2.25. The zero-order chi connectivity index (χ0) is 15.0. The van der Waals surface area contributed by atoms with Crippen LogP contribution in [0.15, 0.2) is 42.1 Å². The summed E-state index contributed by atoms with van der Waals surface area (Å²) in [5, 5.41) is 5.12. The summed E-state index contributed by atoms with van der Waals surface area (Å²) in [6.07, 6.45) is 3.43. The molecule has 0 N–H and O–H groups in total. The molecule has 0 spiro atoms. The van der Waals surface area contributed by atoms with Gasteiger partial charge >= 0.3 is 0 Å². The minimum absolute atomic E-state index is 0.669.